The van der Waals surface area contributed by atoms with Gasteiger partial charge in [-0.3, -0.25) is 24.5 Å². The van der Waals surface area contributed by atoms with Crippen LogP contribution in [0.15, 0.2) is 47.8 Å². The quantitative estimate of drug-likeness (QED) is 0.384. The van der Waals surface area contributed by atoms with Crippen LogP contribution in [0.2, 0.25) is 0 Å². The Morgan fingerprint density at radius 2 is 2.08 bits per heavy atom. The highest BCUT2D eigenvalue weighted by atomic mass is 32.1. The second-order valence-electron chi connectivity index (χ2n) is 9.81. The highest BCUT2D eigenvalue weighted by Crippen LogP contribution is 2.35. The van der Waals surface area contributed by atoms with E-state index in [-0.39, 0.29) is 11.5 Å². The average molecular weight is 500 g/mol. The van der Waals surface area contributed by atoms with E-state index < -0.39 is 0 Å². The maximum atomic E-state index is 13.1. The third-order valence-corrected chi connectivity index (χ3v) is 8.76. The number of thiazole rings is 1. The molecule has 1 aliphatic carbocycles. The molecule has 2 N–H and O–H groups in total. The van der Waals surface area contributed by atoms with Crippen LogP contribution in [0.5, 0.6) is 0 Å². The van der Waals surface area contributed by atoms with E-state index in [9.17, 15) is 9.59 Å². The number of fused-ring (bicyclic) bond motifs is 8. The Balaban J connectivity index is 1.14. The summed E-state index contributed by atoms with van der Waals surface area (Å²) in [5.74, 6) is 0.642. The Kier molecular flexibility index (Phi) is 5.10. The van der Waals surface area contributed by atoms with Gasteiger partial charge in [0.25, 0.3) is 11.5 Å². The van der Waals surface area contributed by atoms with Gasteiger partial charge in [-0.1, -0.05) is 6.07 Å². The number of pyridine rings is 3. The van der Waals surface area contributed by atoms with Crippen LogP contribution in [0.25, 0.3) is 37.2 Å². The number of H-pyrrole nitrogens is 1. The van der Waals surface area contributed by atoms with Gasteiger partial charge in [0.05, 0.1) is 16.0 Å². The number of nitrogens with zero attached hydrogens (tertiary/aromatic N) is 5. The van der Waals surface area contributed by atoms with Gasteiger partial charge in [-0.25, -0.2) is 4.52 Å². The maximum Gasteiger partial charge on any atom is 0.261 e. The number of amides is 1. The highest BCUT2D eigenvalue weighted by Gasteiger charge is 2.33. The number of nitrogens with one attached hydrogen (secondary N) is 2. The van der Waals surface area contributed by atoms with Crippen molar-refractivity contribution in [2.75, 3.05) is 19.6 Å². The lowest BCUT2D eigenvalue weighted by atomic mass is 9.80. The van der Waals surface area contributed by atoms with E-state index in [0.29, 0.717) is 40.1 Å². The Bertz CT molecular complexity index is 1660. The summed E-state index contributed by atoms with van der Waals surface area (Å²) < 4.78 is 1.72. The first-order valence-electron chi connectivity index (χ1n) is 12.4. The summed E-state index contributed by atoms with van der Waals surface area (Å²) in [7, 11) is 0. The predicted octanol–water partition coefficient (Wildman–Crippen LogP) is 3.45. The van der Waals surface area contributed by atoms with Crippen LogP contribution in [0.1, 0.15) is 36.0 Å². The molecule has 5 aromatic rings. The van der Waals surface area contributed by atoms with Crippen molar-refractivity contribution < 1.29 is 4.79 Å². The van der Waals surface area contributed by atoms with Crippen molar-refractivity contribution in [2.24, 2.45) is 5.92 Å². The van der Waals surface area contributed by atoms with Gasteiger partial charge >= 0.3 is 0 Å². The smallest absolute Gasteiger partial charge is 0.261 e. The Hall–Kier alpha value is -3.63. The van der Waals surface area contributed by atoms with Crippen LogP contribution in [0, 0.1) is 5.92 Å². The second kappa shape index (κ2) is 8.49. The van der Waals surface area contributed by atoms with E-state index >= 15 is 0 Å². The minimum Gasteiger partial charge on any atom is -0.351 e. The minimum absolute atomic E-state index is 0.181. The molecule has 0 spiro atoms. The summed E-state index contributed by atoms with van der Waals surface area (Å²) in [6.45, 7) is 2.63. The van der Waals surface area contributed by atoms with E-state index in [1.165, 1.54) is 37.0 Å². The lowest BCUT2D eigenvalue weighted by Gasteiger charge is -2.45. The molecule has 36 heavy (non-hydrogen) atoms. The first-order valence-corrected chi connectivity index (χ1v) is 13.2. The summed E-state index contributed by atoms with van der Waals surface area (Å²) >= 11 is 1.49. The van der Waals surface area contributed by atoms with Crippen LogP contribution in [0.3, 0.4) is 0 Å². The zero-order valence-electron chi connectivity index (χ0n) is 19.6. The SMILES string of the molecule is O=C(NCCN1CC2CCC1CC2)c1cnc2c(c1)[nH]c(=O)c1c2nn2cc(-c3cccnc3)sc12. The molecule has 2 aliphatic heterocycles. The van der Waals surface area contributed by atoms with Crippen LogP contribution >= 0.6 is 11.3 Å². The molecule has 3 fully saturated rings. The van der Waals surface area contributed by atoms with Crippen molar-refractivity contribution >= 4 is 44.0 Å². The van der Waals surface area contributed by atoms with Crippen molar-refractivity contribution in [3.05, 3.63) is 58.9 Å². The maximum absolute atomic E-state index is 13.1. The van der Waals surface area contributed by atoms with Crippen molar-refractivity contribution in [3.63, 3.8) is 0 Å². The van der Waals surface area contributed by atoms with Gasteiger partial charge in [0.15, 0.2) is 0 Å². The van der Waals surface area contributed by atoms with Gasteiger partial charge in [-0.2, -0.15) is 5.10 Å². The first-order chi connectivity index (χ1) is 17.6. The van der Waals surface area contributed by atoms with Crippen molar-refractivity contribution in [3.8, 4) is 10.4 Å². The monoisotopic (exact) mass is 499 g/mol. The molecule has 1 saturated carbocycles. The number of carbonyl (C=O) groups excluding carboxylic acids is 1. The number of aromatic amines is 1. The summed E-state index contributed by atoms with van der Waals surface area (Å²) in [6, 6.07) is 6.22. The summed E-state index contributed by atoms with van der Waals surface area (Å²) in [5, 5.41) is 8.19. The molecule has 5 aromatic heterocycles. The van der Waals surface area contributed by atoms with E-state index in [2.05, 4.69) is 30.3 Å². The Labute approximate surface area is 210 Å². The number of aromatic nitrogens is 5. The number of piperidine rings is 2. The fraction of sp³-hybridized carbons (Fsp3) is 0.346. The van der Waals surface area contributed by atoms with Crippen LogP contribution < -0.4 is 10.9 Å². The molecule has 0 atom stereocenters. The van der Waals surface area contributed by atoms with Gasteiger partial charge in [0.1, 0.15) is 21.3 Å². The summed E-state index contributed by atoms with van der Waals surface area (Å²) in [4.78, 5) is 41.8. The third kappa shape index (κ3) is 3.59. The number of rotatable bonds is 5. The second-order valence-corrected chi connectivity index (χ2v) is 10.8. The molecule has 8 rings (SSSR count). The Morgan fingerprint density at radius 3 is 2.86 bits per heavy atom. The standard InChI is InChI=1S/C26H25N7O2S/c34-24(28-8-9-32-13-15-3-5-18(32)6-4-15)17-10-19-22(29-12-17)23-21(25(35)30-19)26-33(31-23)14-20(36-26)16-2-1-7-27-11-16/h1-2,7,10-12,14-15,18H,3-6,8-9,13H2,(H,28,34)(H,30,35). The van der Waals surface area contributed by atoms with Gasteiger partial charge in [0, 0.05) is 56.0 Å². The van der Waals surface area contributed by atoms with E-state index in [1.807, 2.05) is 18.3 Å². The van der Waals surface area contributed by atoms with E-state index in [1.54, 1.807) is 29.2 Å². The fourth-order valence-corrected chi connectivity index (χ4v) is 6.86. The Morgan fingerprint density at radius 1 is 1.19 bits per heavy atom. The van der Waals surface area contributed by atoms with Crippen molar-refractivity contribution in [2.45, 2.75) is 31.7 Å². The largest absolute Gasteiger partial charge is 0.351 e. The molecule has 2 saturated heterocycles. The molecular formula is C26H25N7O2S. The molecular weight excluding hydrogens is 474 g/mol. The molecule has 0 aromatic carbocycles. The number of carbonyl (C=O) groups is 1. The molecule has 0 unspecified atom stereocenters. The minimum atomic E-state index is -0.244. The fourth-order valence-electron chi connectivity index (χ4n) is 5.78. The average Bonchev–Trinajstić information content (AvgIpc) is 3.48. The lowest BCUT2D eigenvalue weighted by Crippen LogP contribution is -2.50. The molecule has 2 bridgehead atoms. The summed E-state index contributed by atoms with van der Waals surface area (Å²) in [6.07, 6.45) is 12.2. The number of hydrogen-bond donors (Lipinski definition) is 2. The predicted molar refractivity (Wildman–Crippen MR) is 139 cm³/mol. The van der Waals surface area contributed by atoms with E-state index in [4.69, 9.17) is 0 Å². The van der Waals surface area contributed by atoms with Gasteiger partial charge in [-0.05, 0) is 43.7 Å². The normalized spacial score (nSPS) is 20.0. The zero-order chi connectivity index (χ0) is 24.2. The van der Waals surface area contributed by atoms with Crippen LogP contribution in [-0.2, 0) is 0 Å². The molecule has 182 valence electrons. The molecule has 3 aliphatic rings. The van der Waals surface area contributed by atoms with Crippen LogP contribution in [0.4, 0.5) is 0 Å². The third-order valence-electron chi connectivity index (χ3n) is 7.62. The van der Waals surface area contributed by atoms with Crippen LogP contribution in [-0.4, -0.2) is 61.0 Å². The molecule has 10 heteroatoms. The van der Waals surface area contributed by atoms with E-state index in [0.717, 1.165) is 34.3 Å². The zero-order valence-corrected chi connectivity index (χ0v) is 20.4. The van der Waals surface area contributed by atoms with Gasteiger partial charge < -0.3 is 10.3 Å². The van der Waals surface area contributed by atoms with Crippen molar-refractivity contribution in [1.82, 2.24) is 34.8 Å². The molecule has 1 amide bonds. The number of hydrogen-bond acceptors (Lipinski definition) is 7. The molecule has 0 radical (unpaired) electrons. The van der Waals surface area contributed by atoms with Crippen molar-refractivity contribution in [1.29, 1.82) is 0 Å². The highest BCUT2D eigenvalue weighted by molar-refractivity contribution is 7.21. The summed E-state index contributed by atoms with van der Waals surface area (Å²) in [5.41, 5.74) is 2.77. The first kappa shape index (κ1) is 21.6. The van der Waals surface area contributed by atoms with Gasteiger partial charge in [-0.15, -0.1) is 11.3 Å². The molecule has 7 heterocycles. The molecule has 9 nitrogen and oxygen atoms in total. The lowest BCUT2D eigenvalue weighted by molar-refractivity contribution is 0.0494. The topological polar surface area (TPSA) is 108 Å². The van der Waals surface area contributed by atoms with Gasteiger partial charge in [0.2, 0.25) is 0 Å².